The maximum Gasteiger partial charge on any atom is 0.271 e. The monoisotopic (exact) mass is 441 g/mol. The number of hydrogen-bond acceptors (Lipinski definition) is 5. The van der Waals surface area contributed by atoms with Gasteiger partial charge >= 0.3 is 0 Å². The number of carbonyl (C=O) groups is 1. The van der Waals surface area contributed by atoms with Crippen LogP contribution >= 0.6 is 0 Å². The predicted octanol–water partition coefficient (Wildman–Crippen LogP) is 4.54. The fourth-order valence-corrected chi connectivity index (χ4v) is 4.49. The molecule has 33 heavy (non-hydrogen) atoms. The second kappa shape index (κ2) is 9.69. The third-order valence-electron chi connectivity index (χ3n) is 6.21. The van der Waals surface area contributed by atoms with Crippen LogP contribution in [-0.4, -0.2) is 24.4 Å². The Balaban J connectivity index is 1.59. The lowest BCUT2D eigenvalue weighted by molar-refractivity contribution is -0.112. The van der Waals surface area contributed by atoms with Gasteiger partial charge in [0.05, 0.1) is 5.71 Å². The van der Waals surface area contributed by atoms with Gasteiger partial charge in [-0.1, -0.05) is 95.2 Å². The Hall–Kier alpha value is -3.93. The Kier molecular flexibility index (Phi) is 6.54. The summed E-state index contributed by atoms with van der Waals surface area (Å²) in [5.74, 6) is -0.327. The van der Waals surface area contributed by atoms with Crippen molar-refractivity contribution >= 4 is 17.3 Å². The molecule has 0 spiro atoms. The Morgan fingerprint density at radius 2 is 1.61 bits per heavy atom. The molecule has 0 bridgehead atoms. The van der Waals surface area contributed by atoms with E-state index in [1.165, 1.54) is 18.2 Å². The first-order valence-corrected chi connectivity index (χ1v) is 10.8. The van der Waals surface area contributed by atoms with Crippen molar-refractivity contribution in [2.75, 3.05) is 7.11 Å². The molecule has 0 aliphatic heterocycles. The molecule has 6 nitrogen and oxygen atoms in total. The maximum absolute atomic E-state index is 11.8. The summed E-state index contributed by atoms with van der Waals surface area (Å²) in [4.78, 5) is 22.4. The van der Waals surface area contributed by atoms with Crippen LogP contribution in [0.5, 0.6) is 0 Å². The molecule has 6 heteroatoms. The van der Waals surface area contributed by atoms with Crippen LogP contribution in [0, 0.1) is 0 Å². The number of oxime groups is 2. The average molecular weight is 442 g/mol. The molecule has 0 radical (unpaired) electrons. The van der Waals surface area contributed by atoms with Gasteiger partial charge in [0.25, 0.3) is 5.91 Å². The molecule has 1 saturated carbocycles. The summed E-state index contributed by atoms with van der Waals surface area (Å²) in [5.41, 5.74) is 10.1. The van der Waals surface area contributed by atoms with Gasteiger partial charge in [-0.25, -0.2) is 0 Å². The standard InChI is InChI=1S/C27H27N3O3/c1-19(29-33-18-21-13-9-10-16-23(21)25(26(28)31)30-32-2)27(22-14-7-4-8-15-22)17-24(27)20-11-5-3-6-12-20/h3-16,24H,17-18H2,1-2H3,(H2,28,31)/b29-19-,30-25-. The minimum atomic E-state index is -0.671. The van der Waals surface area contributed by atoms with Crippen molar-refractivity contribution in [2.24, 2.45) is 16.0 Å². The summed E-state index contributed by atoms with van der Waals surface area (Å²) in [5, 5.41) is 8.31. The Morgan fingerprint density at radius 1 is 0.970 bits per heavy atom. The van der Waals surface area contributed by atoms with Crippen LogP contribution in [0.3, 0.4) is 0 Å². The topological polar surface area (TPSA) is 86.3 Å². The fraction of sp³-hybridized carbons (Fsp3) is 0.222. The number of primary amides is 1. The molecule has 3 aromatic rings. The summed E-state index contributed by atoms with van der Waals surface area (Å²) in [6.07, 6.45) is 0.975. The minimum absolute atomic E-state index is 0.0458. The van der Waals surface area contributed by atoms with Crippen molar-refractivity contribution in [3.05, 3.63) is 107 Å². The van der Waals surface area contributed by atoms with Crippen LogP contribution in [-0.2, 0) is 26.5 Å². The van der Waals surface area contributed by atoms with Crippen molar-refractivity contribution < 1.29 is 14.5 Å². The van der Waals surface area contributed by atoms with Gasteiger partial charge in [0.15, 0.2) is 5.71 Å². The van der Waals surface area contributed by atoms with E-state index in [1.54, 1.807) is 12.1 Å². The maximum atomic E-state index is 11.8. The van der Waals surface area contributed by atoms with Crippen molar-refractivity contribution in [3.63, 3.8) is 0 Å². The quantitative estimate of drug-likeness (QED) is 0.391. The first kappa shape index (κ1) is 22.3. The van der Waals surface area contributed by atoms with Crippen LogP contribution in [0.1, 0.15) is 41.5 Å². The number of amides is 1. The first-order valence-electron chi connectivity index (χ1n) is 10.8. The third-order valence-corrected chi connectivity index (χ3v) is 6.21. The molecule has 1 aliphatic carbocycles. The van der Waals surface area contributed by atoms with Crippen LogP contribution in [0.2, 0.25) is 0 Å². The SMILES string of the molecule is CO/N=C(\C(N)=O)c1ccccc1CO/N=C(/C)C1(c2ccccc2)CC1c1ccccc1. The van der Waals surface area contributed by atoms with Gasteiger partial charge in [-0.15, -0.1) is 0 Å². The Labute approximate surface area is 193 Å². The molecule has 4 rings (SSSR count). The molecule has 1 amide bonds. The van der Waals surface area contributed by atoms with E-state index in [0.29, 0.717) is 11.5 Å². The molecule has 0 aromatic heterocycles. The van der Waals surface area contributed by atoms with Gasteiger partial charge in [-0.3, -0.25) is 4.79 Å². The zero-order valence-corrected chi connectivity index (χ0v) is 18.8. The zero-order valence-electron chi connectivity index (χ0n) is 18.8. The summed E-state index contributed by atoms with van der Waals surface area (Å²) in [6.45, 7) is 2.19. The van der Waals surface area contributed by atoms with Crippen LogP contribution in [0.25, 0.3) is 0 Å². The van der Waals surface area contributed by atoms with Gasteiger partial charge in [-0.05, 0) is 24.5 Å². The number of nitrogens with two attached hydrogens (primary N) is 1. The molecular formula is C27H27N3O3. The summed E-state index contributed by atoms with van der Waals surface area (Å²) in [6, 6.07) is 28.2. The lowest BCUT2D eigenvalue weighted by Crippen LogP contribution is -2.25. The van der Waals surface area contributed by atoms with Crippen molar-refractivity contribution in [1.82, 2.24) is 0 Å². The minimum Gasteiger partial charge on any atom is -0.398 e. The summed E-state index contributed by atoms with van der Waals surface area (Å²) >= 11 is 0. The Bertz CT molecular complexity index is 1180. The smallest absolute Gasteiger partial charge is 0.271 e. The average Bonchev–Trinajstić information content (AvgIpc) is 3.61. The number of hydrogen-bond donors (Lipinski definition) is 1. The van der Waals surface area contributed by atoms with E-state index in [-0.39, 0.29) is 17.7 Å². The van der Waals surface area contributed by atoms with E-state index >= 15 is 0 Å². The van der Waals surface area contributed by atoms with Crippen LogP contribution in [0.15, 0.2) is 95.2 Å². The highest BCUT2D eigenvalue weighted by molar-refractivity contribution is 6.45. The van der Waals surface area contributed by atoms with Crippen molar-refractivity contribution in [1.29, 1.82) is 0 Å². The zero-order chi connectivity index (χ0) is 23.3. The predicted molar refractivity (Wildman–Crippen MR) is 129 cm³/mol. The first-order chi connectivity index (χ1) is 16.1. The van der Waals surface area contributed by atoms with Gasteiger partial charge in [0.1, 0.15) is 13.7 Å². The molecule has 1 aliphatic rings. The fourth-order valence-electron chi connectivity index (χ4n) is 4.49. The third kappa shape index (κ3) is 4.51. The Morgan fingerprint density at radius 3 is 2.27 bits per heavy atom. The number of benzene rings is 3. The van der Waals surface area contributed by atoms with E-state index in [0.717, 1.165) is 17.7 Å². The van der Waals surface area contributed by atoms with E-state index < -0.39 is 5.91 Å². The number of nitrogens with zero attached hydrogens (tertiary/aromatic N) is 2. The lowest BCUT2D eigenvalue weighted by atomic mass is 9.87. The van der Waals surface area contributed by atoms with Gasteiger partial charge in [-0.2, -0.15) is 0 Å². The highest BCUT2D eigenvalue weighted by Crippen LogP contribution is 2.61. The van der Waals surface area contributed by atoms with E-state index in [1.807, 2.05) is 31.2 Å². The van der Waals surface area contributed by atoms with Crippen molar-refractivity contribution in [2.45, 2.75) is 31.3 Å². The molecule has 0 heterocycles. The molecule has 2 atom stereocenters. The molecule has 0 saturated heterocycles. The lowest BCUT2D eigenvalue weighted by Gasteiger charge is -2.18. The molecule has 1 fully saturated rings. The number of rotatable bonds is 9. The summed E-state index contributed by atoms with van der Waals surface area (Å²) in [7, 11) is 1.37. The highest BCUT2D eigenvalue weighted by Gasteiger charge is 2.58. The van der Waals surface area contributed by atoms with Gasteiger partial charge < -0.3 is 15.4 Å². The van der Waals surface area contributed by atoms with E-state index in [2.05, 4.69) is 58.8 Å². The highest BCUT2D eigenvalue weighted by atomic mass is 16.6. The van der Waals surface area contributed by atoms with Gasteiger partial charge in [0.2, 0.25) is 0 Å². The largest absolute Gasteiger partial charge is 0.398 e. The van der Waals surface area contributed by atoms with Crippen LogP contribution < -0.4 is 5.73 Å². The molecule has 168 valence electrons. The van der Waals surface area contributed by atoms with Gasteiger partial charge in [0, 0.05) is 22.5 Å². The van der Waals surface area contributed by atoms with Crippen molar-refractivity contribution in [3.8, 4) is 0 Å². The molecule has 2 unspecified atom stereocenters. The van der Waals surface area contributed by atoms with Crippen LogP contribution in [0.4, 0.5) is 0 Å². The second-order valence-electron chi connectivity index (χ2n) is 8.10. The summed E-state index contributed by atoms with van der Waals surface area (Å²) < 4.78 is 0. The van der Waals surface area contributed by atoms with E-state index in [4.69, 9.17) is 15.4 Å². The normalized spacial score (nSPS) is 20.2. The molecule has 3 aromatic carbocycles. The molecular weight excluding hydrogens is 414 g/mol. The van der Waals surface area contributed by atoms with E-state index in [9.17, 15) is 4.79 Å². The molecule has 2 N–H and O–H groups in total. The second-order valence-corrected chi connectivity index (χ2v) is 8.10. The number of carbonyl (C=O) groups excluding carboxylic acids is 1.